The van der Waals surface area contributed by atoms with E-state index in [2.05, 4.69) is 31.3 Å². The highest BCUT2D eigenvalue weighted by Crippen LogP contribution is 2.07. The lowest BCUT2D eigenvalue weighted by Crippen LogP contribution is -2.09. The monoisotopic (exact) mass is 114 g/mol. The molecule has 0 bridgehead atoms. The molecule has 8 heavy (non-hydrogen) atoms. The van der Waals surface area contributed by atoms with E-state index in [0.29, 0.717) is 0 Å². The van der Waals surface area contributed by atoms with Gasteiger partial charge in [0, 0.05) is 13.3 Å². The second-order valence-electron chi connectivity index (χ2n) is 2.85. The third-order valence-electron chi connectivity index (χ3n) is 0.581. The molecule has 48 valence electrons. The van der Waals surface area contributed by atoms with Crippen LogP contribution in [-0.4, -0.2) is 13.3 Å². The van der Waals surface area contributed by atoms with Gasteiger partial charge >= 0.3 is 0 Å². The van der Waals surface area contributed by atoms with E-state index in [4.69, 9.17) is 0 Å². The summed E-state index contributed by atoms with van der Waals surface area (Å²) in [6.07, 6.45) is 1.88. The van der Waals surface area contributed by atoms with E-state index in [1.54, 1.807) is 7.05 Å². The summed E-state index contributed by atoms with van der Waals surface area (Å²) in [5.74, 6) is 0. The van der Waals surface area contributed by atoms with E-state index in [1.165, 1.54) is 0 Å². The Morgan fingerprint density at radius 2 is 1.88 bits per heavy atom. The molecule has 0 saturated heterocycles. The average molecular weight is 114 g/mol. The minimum Gasteiger partial charge on any atom is -0.313 e. The van der Waals surface area contributed by atoms with Crippen LogP contribution in [0.15, 0.2) is 5.10 Å². The van der Waals surface area contributed by atoms with Crippen molar-refractivity contribution < 1.29 is 0 Å². The van der Waals surface area contributed by atoms with E-state index >= 15 is 0 Å². The molecule has 0 aromatic carbocycles. The number of nitrogens with zero attached hydrogens (tertiary/aromatic N) is 1. The zero-order chi connectivity index (χ0) is 6.62. The van der Waals surface area contributed by atoms with Crippen molar-refractivity contribution in [3.8, 4) is 0 Å². The minimum absolute atomic E-state index is 0.197. The summed E-state index contributed by atoms with van der Waals surface area (Å²) >= 11 is 0. The van der Waals surface area contributed by atoms with Crippen molar-refractivity contribution >= 4 is 6.21 Å². The first-order chi connectivity index (χ1) is 3.56. The molecule has 2 heteroatoms. The van der Waals surface area contributed by atoms with Gasteiger partial charge in [0.15, 0.2) is 0 Å². The summed E-state index contributed by atoms with van der Waals surface area (Å²) in [6.45, 7) is 6.32. The molecule has 0 spiro atoms. The van der Waals surface area contributed by atoms with Crippen LogP contribution in [0.1, 0.15) is 20.8 Å². The standard InChI is InChI=1S/C6H14N2/c1-6(2,3)5-8-7-4/h5,7H,1-4H3. The molecule has 2 nitrogen and oxygen atoms in total. The van der Waals surface area contributed by atoms with Gasteiger partial charge in [-0.25, -0.2) is 0 Å². The Morgan fingerprint density at radius 3 is 2.00 bits per heavy atom. The van der Waals surface area contributed by atoms with Crippen LogP contribution in [0.2, 0.25) is 0 Å². The fraction of sp³-hybridized carbons (Fsp3) is 0.833. The van der Waals surface area contributed by atoms with Gasteiger partial charge in [0.25, 0.3) is 0 Å². The normalized spacial score (nSPS) is 12.5. The molecule has 0 aliphatic carbocycles. The van der Waals surface area contributed by atoms with Gasteiger partial charge in [-0.15, -0.1) is 0 Å². The first-order valence-electron chi connectivity index (χ1n) is 2.77. The van der Waals surface area contributed by atoms with Gasteiger partial charge in [-0.1, -0.05) is 20.8 Å². The highest BCUT2D eigenvalue weighted by molar-refractivity contribution is 5.63. The third kappa shape index (κ3) is 5.47. The summed E-state index contributed by atoms with van der Waals surface area (Å²) in [7, 11) is 1.79. The predicted molar refractivity (Wildman–Crippen MR) is 37.0 cm³/mol. The van der Waals surface area contributed by atoms with Crippen molar-refractivity contribution in [1.82, 2.24) is 5.43 Å². The summed E-state index contributed by atoms with van der Waals surface area (Å²) in [5, 5.41) is 3.87. The fourth-order valence-electron chi connectivity index (χ4n) is 0.258. The molecular weight excluding hydrogens is 100 g/mol. The minimum atomic E-state index is 0.197. The summed E-state index contributed by atoms with van der Waals surface area (Å²) < 4.78 is 0. The maximum absolute atomic E-state index is 3.87. The Bertz CT molecular complexity index is 79.0. The molecule has 0 aromatic heterocycles. The topological polar surface area (TPSA) is 24.4 Å². The molecule has 0 fully saturated rings. The van der Waals surface area contributed by atoms with Crippen molar-refractivity contribution in [3.63, 3.8) is 0 Å². The highest BCUT2D eigenvalue weighted by atomic mass is 15.3. The molecule has 0 atom stereocenters. The van der Waals surface area contributed by atoms with Gasteiger partial charge < -0.3 is 5.43 Å². The molecule has 1 N–H and O–H groups in total. The van der Waals surface area contributed by atoms with E-state index in [9.17, 15) is 0 Å². The quantitative estimate of drug-likeness (QED) is 0.402. The predicted octanol–water partition coefficient (Wildman–Crippen LogP) is 1.24. The lowest BCUT2D eigenvalue weighted by molar-refractivity contribution is 0.600. The second kappa shape index (κ2) is 2.70. The number of nitrogens with one attached hydrogen (secondary N) is 1. The second-order valence-corrected chi connectivity index (χ2v) is 2.85. The Hall–Kier alpha value is -0.530. The molecule has 0 radical (unpaired) electrons. The van der Waals surface area contributed by atoms with Crippen LogP contribution >= 0.6 is 0 Å². The maximum Gasteiger partial charge on any atom is 0.0296 e. The van der Waals surface area contributed by atoms with E-state index in [-0.39, 0.29) is 5.41 Å². The Balaban J connectivity index is 3.52. The van der Waals surface area contributed by atoms with Crippen LogP contribution in [0.25, 0.3) is 0 Å². The van der Waals surface area contributed by atoms with E-state index < -0.39 is 0 Å². The zero-order valence-electron chi connectivity index (χ0n) is 6.02. The summed E-state index contributed by atoms with van der Waals surface area (Å²) in [4.78, 5) is 0. The van der Waals surface area contributed by atoms with Crippen molar-refractivity contribution in [1.29, 1.82) is 0 Å². The molecule has 0 amide bonds. The van der Waals surface area contributed by atoms with Gasteiger partial charge in [0.05, 0.1) is 0 Å². The SMILES string of the molecule is CNN=CC(C)(C)C. The zero-order valence-corrected chi connectivity index (χ0v) is 6.02. The van der Waals surface area contributed by atoms with Crippen molar-refractivity contribution in [2.24, 2.45) is 10.5 Å². The van der Waals surface area contributed by atoms with Crippen LogP contribution < -0.4 is 5.43 Å². The first kappa shape index (κ1) is 7.47. The van der Waals surface area contributed by atoms with Crippen LogP contribution in [-0.2, 0) is 0 Å². The van der Waals surface area contributed by atoms with Crippen molar-refractivity contribution in [2.45, 2.75) is 20.8 Å². The van der Waals surface area contributed by atoms with Crippen LogP contribution in [0.4, 0.5) is 0 Å². The van der Waals surface area contributed by atoms with Crippen LogP contribution in [0, 0.1) is 5.41 Å². The Labute approximate surface area is 51.0 Å². The summed E-state index contributed by atoms with van der Waals surface area (Å²) in [5.41, 5.74) is 2.89. The van der Waals surface area contributed by atoms with E-state index in [0.717, 1.165) is 0 Å². The molecule has 0 rings (SSSR count). The number of rotatable bonds is 1. The first-order valence-corrected chi connectivity index (χ1v) is 2.77. The highest BCUT2D eigenvalue weighted by Gasteiger charge is 2.03. The van der Waals surface area contributed by atoms with E-state index in [1.807, 2.05) is 6.21 Å². The van der Waals surface area contributed by atoms with Gasteiger partial charge in [-0.05, 0) is 5.41 Å². The molecule has 0 aliphatic heterocycles. The molecule has 0 aromatic rings. The maximum atomic E-state index is 3.87. The van der Waals surface area contributed by atoms with Gasteiger partial charge in [-0.3, -0.25) is 0 Å². The molecule has 0 saturated carbocycles. The van der Waals surface area contributed by atoms with Gasteiger partial charge in [0.2, 0.25) is 0 Å². The Kier molecular flexibility index (Phi) is 2.52. The van der Waals surface area contributed by atoms with Gasteiger partial charge in [0.1, 0.15) is 0 Å². The summed E-state index contributed by atoms with van der Waals surface area (Å²) in [6, 6.07) is 0. The Morgan fingerprint density at radius 1 is 1.38 bits per heavy atom. The lowest BCUT2D eigenvalue weighted by atomic mass is 9.99. The number of hydrazone groups is 1. The lowest BCUT2D eigenvalue weighted by Gasteiger charge is -2.08. The molecule has 0 unspecified atom stereocenters. The molecule has 0 heterocycles. The van der Waals surface area contributed by atoms with Crippen molar-refractivity contribution in [3.05, 3.63) is 0 Å². The smallest absolute Gasteiger partial charge is 0.0296 e. The van der Waals surface area contributed by atoms with Crippen LogP contribution in [0.5, 0.6) is 0 Å². The fourth-order valence-corrected chi connectivity index (χ4v) is 0.258. The van der Waals surface area contributed by atoms with Crippen molar-refractivity contribution in [2.75, 3.05) is 7.05 Å². The van der Waals surface area contributed by atoms with Gasteiger partial charge in [-0.2, -0.15) is 5.10 Å². The number of hydrogen-bond acceptors (Lipinski definition) is 2. The molecule has 0 aliphatic rings. The molecular formula is C6H14N2. The number of hydrogen-bond donors (Lipinski definition) is 1. The largest absolute Gasteiger partial charge is 0.313 e. The van der Waals surface area contributed by atoms with Crippen LogP contribution in [0.3, 0.4) is 0 Å². The third-order valence-corrected chi connectivity index (χ3v) is 0.581. The average Bonchev–Trinajstić information content (AvgIpc) is 1.59.